The lowest BCUT2D eigenvalue weighted by Crippen LogP contribution is -2.36. The van der Waals surface area contributed by atoms with E-state index in [1.54, 1.807) is 0 Å². The molecule has 0 amide bonds. The molecular formula is C15H20N2O. The van der Waals surface area contributed by atoms with E-state index in [4.69, 9.17) is 10.00 Å². The van der Waals surface area contributed by atoms with Crippen LogP contribution in [0.15, 0.2) is 24.3 Å². The Bertz CT molecular complexity index is 417. The van der Waals surface area contributed by atoms with Gasteiger partial charge in [-0.05, 0) is 37.5 Å². The molecule has 0 aliphatic carbocycles. The first-order chi connectivity index (χ1) is 8.81. The molecule has 1 aliphatic heterocycles. The SMILES string of the molecule is CCOC1CCN(Cc2cccc(C#N)c2)CC1. The summed E-state index contributed by atoms with van der Waals surface area (Å²) in [6.45, 7) is 5.98. The van der Waals surface area contributed by atoms with Crippen LogP contribution in [0.25, 0.3) is 0 Å². The van der Waals surface area contributed by atoms with E-state index in [0.29, 0.717) is 6.10 Å². The van der Waals surface area contributed by atoms with Crippen LogP contribution >= 0.6 is 0 Å². The molecule has 96 valence electrons. The first-order valence-electron chi connectivity index (χ1n) is 6.65. The number of rotatable bonds is 4. The van der Waals surface area contributed by atoms with Crippen molar-refractivity contribution in [2.24, 2.45) is 0 Å². The van der Waals surface area contributed by atoms with Crippen LogP contribution in [0.5, 0.6) is 0 Å². The number of benzene rings is 1. The highest BCUT2D eigenvalue weighted by molar-refractivity contribution is 5.32. The van der Waals surface area contributed by atoms with Crippen LogP contribution in [0.3, 0.4) is 0 Å². The highest BCUT2D eigenvalue weighted by atomic mass is 16.5. The third-order valence-corrected chi connectivity index (χ3v) is 3.40. The minimum absolute atomic E-state index is 0.441. The molecule has 1 aliphatic rings. The van der Waals surface area contributed by atoms with Crippen LogP contribution in [0.4, 0.5) is 0 Å². The van der Waals surface area contributed by atoms with Gasteiger partial charge in [0.2, 0.25) is 0 Å². The first-order valence-corrected chi connectivity index (χ1v) is 6.65. The summed E-state index contributed by atoms with van der Waals surface area (Å²) < 4.78 is 5.65. The van der Waals surface area contributed by atoms with Gasteiger partial charge in [0, 0.05) is 26.2 Å². The van der Waals surface area contributed by atoms with E-state index in [2.05, 4.69) is 24.0 Å². The Hall–Kier alpha value is -1.37. The summed E-state index contributed by atoms with van der Waals surface area (Å²) in [5.74, 6) is 0. The second-order valence-electron chi connectivity index (χ2n) is 4.74. The Morgan fingerprint density at radius 3 is 2.83 bits per heavy atom. The van der Waals surface area contributed by atoms with Crippen molar-refractivity contribution in [3.05, 3.63) is 35.4 Å². The van der Waals surface area contributed by atoms with Crippen LogP contribution in [0, 0.1) is 11.3 Å². The molecule has 0 unspecified atom stereocenters. The molecule has 0 spiro atoms. The van der Waals surface area contributed by atoms with Crippen molar-refractivity contribution in [2.75, 3.05) is 19.7 Å². The highest BCUT2D eigenvalue weighted by Gasteiger charge is 2.19. The van der Waals surface area contributed by atoms with Gasteiger partial charge in [-0.2, -0.15) is 5.26 Å². The molecule has 1 aromatic carbocycles. The standard InChI is InChI=1S/C15H20N2O/c1-2-18-15-6-8-17(9-7-15)12-14-5-3-4-13(10-14)11-16/h3-5,10,15H,2,6-9,12H2,1H3. The lowest BCUT2D eigenvalue weighted by molar-refractivity contribution is 0.0125. The molecule has 0 atom stereocenters. The predicted octanol–water partition coefficient (Wildman–Crippen LogP) is 2.56. The average Bonchev–Trinajstić information content (AvgIpc) is 2.42. The summed E-state index contributed by atoms with van der Waals surface area (Å²) in [6, 6.07) is 10.1. The number of piperidine rings is 1. The fourth-order valence-electron chi connectivity index (χ4n) is 2.47. The maximum absolute atomic E-state index is 8.88. The maximum atomic E-state index is 8.88. The third kappa shape index (κ3) is 3.56. The fourth-order valence-corrected chi connectivity index (χ4v) is 2.47. The van der Waals surface area contributed by atoms with E-state index in [9.17, 15) is 0 Å². The monoisotopic (exact) mass is 244 g/mol. The molecule has 1 saturated heterocycles. The summed E-state index contributed by atoms with van der Waals surface area (Å²) in [7, 11) is 0. The number of hydrogen-bond acceptors (Lipinski definition) is 3. The lowest BCUT2D eigenvalue weighted by Gasteiger charge is -2.31. The summed E-state index contributed by atoms with van der Waals surface area (Å²) >= 11 is 0. The van der Waals surface area contributed by atoms with E-state index in [1.807, 2.05) is 18.2 Å². The summed E-state index contributed by atoms with van der Waals surface area (Å²) in [6.07, 6.45) is 2.68. The van der Waals surface area contributed by atoms with E-state index in [-0.39, 0.29) is 0 Å². The normalized spacial score (nSPS) is 17.6. The van der Waals surface area contributed by atoms with Gasteiger partial charge < -0.3 is 4.74 Å². The largest absolute Gasteiger partial charge is 0.378 e. The van der Waals surface area contributed by atoms with Crippen LogP contribution in [-0.2, 0) is 11.3 Å². The molecule has 2 rings (SSSR count). The molecule has 1 fully saturated rings. The van der Waals surface area contributed by atoms with Crippen LogP contribution in [-0.4, -0.2) is 30.7 Å². The van der Waals surface area contributed by atoms with Gasteiger partial charge >= 0.3 is 0 Å². The Morgan fingerprint density at radius 2 is 2.17 bits per heavy atom. The topological polar surface area (TPSA) is 36.3 Å². The van der Waals surface area contributed by atoms with E-state index in [1.165, 1.54) is 5.56 Å². The lowest BCUT2D eigenvalue weighted by atomic mass is 10.1. The summed E-state index contributed by atoms with van der Waals surface area (Å²) in [5, 5.41) is 8.88. The van der Waals surface area contributed by atoms with Gasteiger partial charge in [-0.3, -0.25) is 4.90 Å². The number of nitrogens with zero attached hydrogens (tertiary/aromatic N) is 2. The quantitative estimate of drug-likeness (QED) is 0.816. The van der Waals surface area contributed by atoms with Gasteiger partial charge in [0.05, 0.1) is 17.7 Å². The van der Waals surface area contributed by atoms with Crippen molar-refractivity contribution in [1.82, 2.24) is 4.90 Å². The molecular weight excluding hydrogens is 224 g/mol. The second kappa shape index (κ2) is 6.53. The van der Waals surface area contributed by atoms with Gasteiger partial charge in [-0.1, -0.05) is 12.1 Å². The highest BCUT2D eigenvalue weighted by Crippen LogP contribution is 2.16. The van der Waals surface area contributed by atoms with Crippen molar-refractivity contribution in [3.63, 3.8) is 0 Å². The van der Waals surface area contributed by atoms with Crippen LogP contribution in [0.1, 0.15) is 30.9 Å². The zero-order chi connectivity index (χ0) is 12.8. The van der Waals surface area contributed by atoms with E-state index in [0.717, 1.165) is 44.6 Å². The average molecular weight is 244 g/mol. The minimum atomic E-state index is 0.441. The summed E-state index contributed by atoms with van der Waals surface area (Å²) in [5.41, 5.74) is 1.97. The second-order valence-corrected chi connectivity index (χ2v) is 4.74. The van der Waals surface area contributed by atoms with Gasteiger partial charge in [0.15, 0.2) is 0 Å². The molecule has 0 aromatic heterocycles. The smallest absolute Gasteiger partial charge is 0.0991 e. The third-order valence-electron chi connectivity index (χ3n) is 3.40. The van der Waals surface area contributed by atoms with Crippen molar-refractivity contribution in [3.8, 4) is 6.07 Å². The zero-order valence-corrected chi connectivity index (χ0v) is 10.9. The minimum Gasteiger partial charge on any atom is -0.378 e. The zero-order valence-electron chi connectivity index (χ0n) is 10.9. The van der Waals surface area contributed by atoms with Gasteiger partial charge in [-0.15, -0.1) is 0 Å². The van der Waals surface area contributed by atoms with E-state index >= 15 is 0 Å². The van der Waals surface area contributed by atoms with Gasteiger partial charge in [-0.25, -0.2) is 0 Å². The predicted molar refractivity (Wildman–Crippen MR) is 71.1 cm³/mol. The molecule has 3 heteroatoms. The van der Waals surface area contributed by atoms with Crippen molar-refractivity contribution in [1.29, 1.82) is 5.26 Å². The van der Waals surface area contributed by atoms with Crippen LogP contribution < -0.4 is 0 Å². The molecule has 3 nitrogen and oxygen atoms in total. The molecule has 18 heavy (non-hydrogen) atoms. The maximum Gasteiger partial charge on any atom is 0.0991 e. The molecule has 0 saturated carbocycles. The van der Waals surface area contributed by atoms with Crippen molar-refractivity contribution in [2.45, 2.75) is 32.4 Å². The molecule has 0 bridgehead atoms. The Morgan fingerprint density at radius 1 is 1.39 bits per heavy atom. The number of ether oxygens (including phenoxy) is 1. The van der Waals surface area contributed by atoms with Gasteiger partial charge in [0.25, 0.3) is 0 Å². The first kappa shape index (κ1) is 13.1. The molecule has 1 heterocycles. The van der Waals surface area contributed by atoms with Crippen molar-refractivity contribution >= 4 is 0 Å². The van der Waals surface area contributed by atoms with Crippen molar-refractivity contribution < 1.29 is 4.74 Å². The number of likely N-dealkylation sites (tertiary alicyclic amines) is 1. The fraction of sp³-hybridized carbons (Fsp3) is 0.533. The molecule has 1 aromatic rings. The summed E-state index contributed by atoms with van der Waals surface area (Å²) in [4.78, 5) is 2.44. The van der Waals surface area contributed by atoms with Crippen LogP contribution in [0.2, 0.25) is 0 Å². The Balaban J connectivity index is 1.86. The number of nitriles is 1. The van der Waals surface area contributed by atoms with Gasteiger partial charge in [0.1, 0.15) is 0 Å². The Kier molecular flexibility index (Phi) is 4.74. The molecule has 0 N–H and O–H groups in total. The molecule has 0 radical (unpaired) electrons. The Labute approximate surface area is 109 Å². The number of hydrogen-bond donors (Lipinski definition) is 0. The van der Waals surface area contributed by atoms with E-state index < -0.39 is 0 Å².